The molecule has 17 heavy (non-hydrogen) atoms. The van der Waals surface area contributed by atoms with Crippen LogP contribution in [0.4, 0.5) is 5.69 Å². The van der Waals surface area contributed by atoms with E-state index in [0.29, 0.717) is 20.9 Å². The summed E-state index contributed by atoms with van der Waals surface area (Å²) in [4.78, 5) is 15.7. The van der Waals surface area contributed by atoms with E-state index in [0.717, 1.165) is 0 Å². The molecule has 0 aromatic carbocycles. The van der Waals surface area contributed by atoms with Crippen molar-refractivity contribution in [3.05, 3.63) is 45.9 Å². The second-order valence-electron chi connectivity index (χ2n) is 3.08. The molecule has 0 unspecified atom stereocenters. The van der Waals surface area contributed by atoms with Crippen LogP contribution in [0.5, 0.6) is 0 Å². The summed E-state index contributed by atoms with van der Waals surface area (Å²) in [5.41, 5.74) is 0.967. The van der Waals surface area contributed by atoms with Crippen molar-refractivity contribution in [2.45, 2.75) is 0 Å². The third-order valence-electron chi connectivity index (χ3n) is 1.90. The predicted molar refractivity (Wildman–Crippen MR) is 66.9 cm³/mol. The Morgan fingerprint density at radius 2 is 2.18 bits per heavy atom. The van der Waals surface area contributed by atoms with Crippen LogP contribution in [0.1, 0.15) is 10.4 Å². The quantitative estimate of drug-likeness (QED) is 0.865. The Morgan fingerprint density at radius 3 is 2.82 bits per heavy atom. The number of nitrogens with zero attached hydrogens (tertiary/aromatic N) is 3. The van der Waals surface area contributed by atoms with Crippen LogP contribution in [-0.4, -0.2) is 21.1 Å². The van der Waals surface area contributed by atoms with Crippen molar-refractivity contribution < 1.29 is 4.79 Å². The van der Waals surface area contributed by atoms with Crippen LogP contribution in [0.2, 0.25) is 5.15 Å². The molecule has 7 heteroatoms. The summed E-state index contributed by atoms with van der Waals surface area (Å²) in [6.45, 7) is 0. The van der Waals surface area contributed by atoms with Gasteiger partial charge in [0.15, 0.2) is 0 Å². The smallest absolute Gasteiger partial charge is 0.257 e. The summed E-state index contributed by atoms with van der Waals surface area (Å²) in [5.74, 6) is -0.282. The second kappa shape index (κ2) is 5.20. The zero-order chi connectivity index (χ0) is 12.3. The minimum Gasteiger partial charge on any atom is -0.321 e. The van der Waals surface area contributed by atoms with Gasteiger partial charge in [0.2, 0.25) is 0 Å². The largest absolute Gasteiger partial charge is 0.321 e. The van der Waals surface area contributed by atoms with Gasteiger partial charge < -0.3 is 5.32 Å². The number of rotatable bonds is 2. The van der Waals surface area contributed by atoms with Crippen molar-refractivity contribution in [2.24, 2.45) is 0 Å². The van der Waals surface area contributed by atoms with Crippen LogP contribution in [-0.2, 0) is 0 Å². The van der Waals surface area contributed by atoms with Crippen molar-refractivity contribution in [2.75, 3.05) is 5.32 Å². The van der Waals surface area contributed by atoms with Crippen LogP contribution in [0, 0.1) is 0 Å². The highest BCUT2D eigenvalue weighted by Gasteiger charge is 2.07. The molecule has 0 bridgehead atoms. The lowest BCUT2D eigenvalue weighted by atomic mass is 10.3. The van der Waals surface area contributed by atoms with Crippen molar-refractivity contribution >= 4 is 39.1 Å². The van der Waals surface area contributed by atoms with Gasteiger partial charge in [-0.15, -0.1) is 0 Å². The average Bonchev–Trinajstić information content (AvgIpc) is 2.35. The van der Waals surface area contributed by atoms with Crippen molar-refractivity contribution in [3.63, 3.8) is 0 Å². The molecule has 0 aliphatic heterocycles. The first-order valence-corrected chi connectivity index (χ1v) is 5.73. The molecule has 86 valence electrons. The van der Waals surface area contributed by atoms with Crippen LogP contribution < -0.4 is 5.32 Å². The Balaban J connectivity index is 2.16. The fourth-order valence-electron chi connectivity index (χ4n) is 1.12. The van der Waals surface area contributed by atoms with Crippen molar-refractivity contribution in [3.8, 4) is 0 Å². The number of hydrogen-bond acceptors (Lipinski definition) is 4. The molecule has 0 spiro atoms. The van der Waals surface area contributed by atoms with Gasteiger partial charge in [0.1, 0.15) is 5.15 Å². The summed E-state index contributed by atoms with van der Waals surface area (Å²) >= 11 is 8.97. The molecule has 0 saturated heterocycles. The highest BCUT2D eigenvalue weighted by atomic mass is 79.9. The molecular formula is C10H6BrClN4O. The molecule has 0 atom stereocenters. The number of carbonyl (C=O) groups is 1. The Labute approximate surface area is 110 Å². The van der Waals surface area contributed by atoms with Gasteiger partial charge in [-0.25, -0.2) is 4.98 Å². The lowest BCUT2D eigenvalue weighted by Crippen LogP contribution is -2.12. The SMILES string of the molecule is O=C(Nc1cnc(Cl)c(Br)c1)c1ccnnc1. The Bertz CT molecular complexity index is 549. The van der Waals surface area contributed by atoms with E-state index in [4.69, 9.17) is 11.6 Å². The molecule has 0 fully saturated rings. The third-order valence-corrected chi connectivity index (χ3v) is 3.03. The fourth-order valence-corrected chi connectivity index (χ4v) is 1.57. The summed E-state index contributed by atoms with van der Waals surface area (Å²) < 4.78 is 0.616. The molecule has 2 rings (SSSR count). The summed E-state index contributed by atoms with van der Waals surface area (Å²) in [6.07, 6.45) is 4.30. The molecule has 1 N–H and O–H groups in total. The predicted octanol–water partition coefficient (Wildman–Crippen LogP) is 2.54. The van der Waals surface area contributed by atoms with Gasteiger partial charge in [0.25, 0.3) is 5.91 Å². The molecule has 0 radical (unpaired) electrons. The van der Waals surface area contributed by atoms with Crippen LogP contribution >= 0.6 is 27.5 Å². The maximum atomic E-state index is 11.8. The van der Waals surface area contributed by atoms with E-state index in [9.17, 15) is 4.79 Å². The van der Waals surface area contributed by atoms with E-state index < -0.39 is 0 Å². The van der Waals surface area contributed by atoms with Crippen LogP contribution in [0.3, 0.4) is 0 Å². The summed E-state index contributed by atoms with van der Waals surface area (Å²) in [6, 6.07) is 3.24. The van der Waals surface area contributed by atoms with Gasteiger partial charge in [-0.05, 0) is 28.1 Å². The van der Waals surface area contributed by atoms with E-state index in [1.165, 1.54) is 18.6 Å². The lowest BCUT2D eigenvalue weighted by molar-refractivity contribution is 0.102. The van der Waals surface area contributed by atoms with E-state index in [1.54, 1.807) is 12.1 Å². The number of pyridine rings is 1. The van der Waals surface area contributed by atoms with Crippen LogP contribution in [0.25, 0.3) is 0 Å². The molecule has 0 saturated carbocycles. The third kappa shape index (κ3) is 2.98. The second-order valence-corrected chi connectivity index (χ2v) is 4.29. The van der Waals surface area contributed by atoms with Gasteiger partial charge in [-0.3, -0.25) is 4.79 Å². The number of aromatic nitrogens is 3. The minimum atomic E-state index is -0.282. The monoisotopic (exact) mass is 312 g/mol. The number of carbonyl (C=O) groups excluding carboxylic acids is 1. The number of anilines is 1. The van der Waals surface area contributed by atoms with Gasteiger partial charge in [-0.2, -0.15) is 10.2 Å². The number of nitrogens with one attached hydrogen (secondary N) is 1. The molecular weight excluding hydrogens is 307 g/mol. The zero-order valence-corrected chi connectivity index (χ0v) is 10.7. The molecule has 5 nitrogen and oxygen atoms in total. The first-order valence-electron chi connectivity index (χ1n) is 4.56. The Hall–Kier alpha value is -1.53. The van der Waals surface area contributed by atoms with Gasteiger partial charge in [0, 0.05) is 0 Å². The standard InChI is InChI=1S/C10H6BrClN4O/c11-8-3-7(5-13-9(8)12)16-10(17)6-1-2-14-15-4-6/h1-5H,(H,16,17). The highest BCUT2D eigenvalue weighted by Crippen LogP contribution is 2.23. The maximum absolute atomic E-state index is 11.8. The van der Waals surface area contributed by atoms with E-state index in [-0.39, 0.29) is 5.91 Å². The average molecular weight is 314 g/mol. The summed E-state index contributed by atoms with van der Waals surface area (Å²) in [7, 11) is 0. The van der Waals surface area contributed by atoms with E-state index in [2.05, 4.69) is 36.4 Å². The first-order chi connectivity index (χ1) is 8.16. The zero-order valence-electron chi connectivity index (χ0n) is 8.39. The van der Waals surface area contributed by atoms with Crippen molar-refractivity contribution in [1.29, 1.82) is 0 Å². The van der Waals surface area contributed by atoms with Gasteiger partial charge in [-0.1, -0.05) is 11.6 Å². The molecule has 2 aromatic rings. The molecule has 2 heterocycles. The maximum Gasteiger partial charge on any atom is 0.257 e. The van der Waals surface area contributed by atoms with Crippen molar-refractivity contribution in [1.82, 2.24) is 15.2 Å². The molecule has 0 aliphatic carbocycles. The van der Waals surface area contributed by atoms with E-state index in [1.807, 2.05) is 0 Å². The van der Waals surface area contributed by atoms with Gasteiger partial charge in [0.05, 0.1) is 34.3 Å². The molecule has 1 amide bonds. The van der Waals surface area contributed by atoms with E-state index >= 15 is 0 Å². The summed E-state index contributed by atoms with van der Waals surface area (Å²) in [5, 5.41) is 10.2. The highest BCUT2D eigenvalue weighted by molar-refractivity contribution is 9.10. The number of halogens is 2. The Kier molecular flexibility index (Phi) is 3.65. The van der Waals surface area contributed by atoms with Crippen LogP contribution in [0.15, 0.2) is 35.2 Å². The topological polar surface area (TPSA) is 67.8 Å². The van der Waals surface area contributed by atoms with Gasteiger partial charge >= 0.3 is 0 Å². The molecule has 0 aliphatic rings. The minimum absolute atomic E-state index is 0.282. The normalized spacial score (nSPS) is 10.0. The number of amides is 1. The lowest BCUT2D eigenvalue weighted by Gasteiger charge is -2.05. The number of hydrogen-bond donors (Lipinski definition) is 1. The molecule has 2 aromatic heterocycles. The Morgan fingerprint density at radius 1 is 1.35 bits per heavy atom. The first kappa shape index (κ1) is 11.9. The fraction of sp³-hybridized carbons (Fsp3) is 0.